The molecule has 1 fully saturated rings. The molecule has 1 nitrogen and oxygen atoms in total. The Hall–Kier alpha value is -0.560. The monoisotopic (exact) mass is 248 g/mol. The van der Waals surface area contributed by atoms with Gasteiger partial charge in [0.25, 0.3) is 0 Å². The molecule has 0 heterocycles. The van der Waals surface area contributed by atoms with Crippen molar-refractivity contribution in [2.75, 3.05) is 0 Å². The molecule has 2 aliphatic rings. The van der Waals surface area contributed by atoms with Crippen LogP contribution in [0.1, 0.15) is 64.7 Å². The van der Waals surface area contributed by atoms with Crippen molar-refractivity contribution in [2.45, 2.75) is 70.8 Å². The lowest BCUT2D eigenvalue weighted by Gasteiger charge is -2.30. The second kappa shape index (κ2) is 7.13. The molecule has 1 saturated carbocycles. The van der Waals surface area contributed by atoms with Crippen molar-refractivity contribution in [1.82, 2.24) is 0 Å². The summed E-state index contributed by atoms with van der Waals surface area (Å²) >= 11 is 0. The van der Waals surface area contributed by atoms with E-state index in [4.69, 9.17) is 0 Å². The van der Waals surface area contributed by atoms with Gasteiger partial charge < -0.3 is 5.11 Å². The SMILES string of the molecule is CCCCCC1CCC(C2=CCC(O)C=C2)CC1. The summed E-state index contributed by atoms with van der Waals surface area (Å²) in [5.74, 6) is 1.77. The van der Waals surface area contributed by atoms with Crippen LogP contribution in [0.2, 0.25) is 0 Å². The van der Waals surface area contributed by atoms with Crippen molar-refractivity contribution in [3.05, 3.63) is 23.8 Å². The minimum absolute atomic E-state index is 0.237. The molecule has 1 N–H and O–H groups in total. The summed E-state index contributed by atoms with van der Waals surface area (Å²) in [7, 11) is 0. The molecule has 1 atom stereocenters. The zero-order valence-corrected chi connectivity index (χ0v) is 11.8. The Balaban J connectivity index is 1.72. The topological polar surface area (TPSA) is 20.2 Å². The minimum Gasteiger partial charge on any atom is -0.389 e. The summed E-state index contributed by atoms with van der Waals surface area (Å²) in [5, 5.41) is 9.46. The third-order valence-electron chi connectivity index (χ3n) is 4.64. The number of hydrogen-bond donors (Lipinski definition) is 1. The van der Waals surface area contributed by atoms with Crippen LogP contribution in [0.4, 0.5) is 0 Å². The number of rotatable bonds is 5. The maximum atomic E-state index is 9.46. The molecule has 1 unspecified atom stereocenters. The molecule has 0 aliphatic heterocycles. The molecule has 0 radical (unpaired) electrons. The molecule has 0 saturated heterocycles. The molecule has 0 spiro atoms. The highest BCUT2D eigenvalue weighted by atomic mass is 16.3. The molecule has 1 heteroatoms. The molecule has 0 aromatic carbocycles. The second-order valence-corrected chi connectivity index (χ2v) is 6.08. The Labute approximate surface area is 112 Å². The Morgan fingerprint density at radius 1 is 1.17 bits per heavy atom. The number of unbranched alkanes of at least 4 members (excludes halogenated alkanes) is 2. The van der Waals surface area contributed by atoms with Gasteiger partial charge >= 0.3 is 0 Å². The van der Waals surface area contributed by atoms with Crippen LogP contribution in [0.5, 0.6) is 0 Å². The van der Waals surface area contributed by atoms with Gasteiger partial charge in [-0.3, -0.25) is 0 Å². The van der Waals surface area contributed by atoms with Crippen LogP contribution >= 0.6 is 0 Å². The highest BCUT2D eigenvalue weighted by Crippen LogP contribution is 2.37. The zero-order chi connectivity index (χ0) is 12.8. The van der Waals surface area contributed by atoms with Gasteiger partial charge in [-0.1, -0.05) is 50.8 Å². The average Bonchev–Trinajstić information content (AvgIpc) is 2.41. The summed E-state index contributed by atoms with van der Waals surface area (Å²) < 4.78 is 0. The van der Waals surface area contributed by atoms with Gasteiger partial charge in [-0.05, 0) is 49.5 Å². The normalized spacial score (nSPS) is 32.3. The highest BCUT2D eigenvalue weighted by Gasteiger charge is 2.23. The summed E-state index contributed by atoms with van der Waals surface area (Å²) in [6.45, 7) is 2.28. The fourth-order valence-electron chi connectivity index (χ4n) is 3.40. The van der Waals surface area contributed by atoms with E-state index in [0.717, 1.165) is 18.3 Å². The van der Waals surface area contributed by atoms with E-state index in [1.165, 1.54) is 56.9 Å². The first-order valence-electron chi connectivity index (χ1n) is 7.86. The van der Waals surface area contributed by atoms with Crippen LogP contribution in [0.3, 0.4) is 0 Å². The largest absolute Gasteiger partial charge is 0.389 e. The van der Waals surface area contributed by atoms with Gasteiger partial charge in [-0.15, -0.1) is 0 Å². The highest BCUT2D eigenvalue weighted by molar-refractivity contribution is 5.27. The Morgan fingerprint density at radius 3 is 2.56 bits per heavy atom. The van der Waals surface area contributed by atoms with E-state index < -0.39 is 0 Å². The van der Waals surface area contributed by atoms with Crippen molar-refractivity contribution >= 4 is 0 Å². The van der Waals surface area contributed by atoms with Gasteiger partial charge in [0.1, 0.15) is 0 Å². The zero-order valence-electron chi connectivity index (χ0n) is 11.8. The van der Waals surface area contributed by atoms with Crippen molar-refractivity contribution < 1.29 is 5.11 Å². The van der Waals surface area contributed by atoms with Crippen LogP contribution in [0.25, 0.3) is 0 Å². The van der Waals surface area contributed by atoms with Gasteiger partial charge in [0.05, 0.1) is 6.10 Å². The van der Waals surface area contributed by atoms with Gasteiger partial charge in [0.15, 0.2) is 0 Å². The molecule has 0 aromatic heterocycles. The van der Waals surface area contributed by atoms with Gasteiger partial charge in [0, 0.05) is 0 Å². The predicted octanol–water partition coefficient (Wildman–Crippen LogP) is 4.62. The van der Waals surface area contributed by atoms with Crippen molar-refractivity contribution in [2.24, 2.45) is 11.8 Å². The van der Waals surface area contributed by atoms with Gasteiger partial charge in [-0.2, -0.15) is 0 Å². The van der Waals surface area contributed by atoms with E-state index in [-0.39, 0.29) is 6.10 Å². The Kier molecular flexibility index (Phi) is 5.49. The summed E-state index contributed by atoms with van der Waals surface area (Å²) in [5.41, 5.74) is 1.49. The number of hydrogen-bond acceptors (Lipinski definition) is 1. The minimum atomic E-state index is -0.237. The molecule has 0 bridgehead atoms. The van der Waals surface area contributed by atoms with E-state index in [0.29, 0.717) is 0 Å². The maximum Gasteiger partial charge on any atom is 0.0758 e. The summed E-state index contributed by atoms with van der Waals surface area (Å²) in [4.78, 5) is 0. The fourth-order valence-corrected chi connectivity index (χ4v) is 3.40. The summed E-state index contributed by atoms with van der Waals surface area (Å²) in [6.07, 6.45) is 18.2. The second-order valence-electron chi connectivity index (χ2n) is 6.08. The van der Waals surface area contributed by atoms with E-state index in [1.807, 2.05) is 6.08 Å². The Bertz CT molecular complexity index is 295. The van der Waals surface area contributed by atoms with Gasteiger partial charge in [-0.25, -0.2) is 0 Å². The molecule has 2 rings (SSSR count). The third kappa shape index (κ3) is 3.98. The predicted molar refractivity (Wildman–Crippen MR) is 77.4 cm³/mol. The maximum absolute atomic E-state index is 9.46. The fraction of sp³-hybridized carbons (Fsp3) is 0.765. The first-order chi connectivity index (χ1) is 8.79. The average molecular weight is 248 g/mol. The first kappa shape index (κ1) is 13.9. The molecule has 2 aliphatic carbocycles. The van der Waals surface area contributed by atoms with Crippen LogP contribution < -0.4 is 0 Å². The van der Waals surface area contributed by atoms with E-state index in [9.17, 15) is 5.11 Å². The number of aliphatic hydroxyl groups is 1. The number of allylic oxidation sites excluding steroid dienone is 2. The van der Waals surface area contributed by atoms with Crippen LogP contribution in [-0.4, -0.2) is 11.2 Å². The van der Waals surface area contributed by atoms with Crippen LogP contribution in [0.15, 0.2) is 23.8 Å². The smallest absolute Gasteiger partial charge is 0.0758 e. The molecule has 0 aromatic rings. The third-order valence-corrected chi connectivity index (χ3v) is 4.64. The van der Waals surface area contributed by atoms with Crippen LogP contribution in [-0.2, 0) is 0 Å². The van der Waals surface area contributed by atoms with Crippen molar-refractivity contribution in [1.29, 1.82) is 0 Å². The molecule has 0 amide bonds. The quantitative estimate of drug-likeness (QED) is 0.704. The van der Waals surface area contributed by atoms with E-state index in [1.54, 1.807) is 0 Å². The lowest BCUT2D eigenvalue weighted by atomic mass is 9.76. The van der Waals surface area contributed by atoms with Crippen molar-refractivity contribution in [3.63, 3.8) is 0 Å². The lowest BCUT2D eigenvalue weighted by molar-refractivity contribution is 0.223. The lowest BCUT2D eigenvalue weighted by Crippen LogP contribution is -2.17. The van der Waals surface area contributed by atoms with Crippen LogP contribution in [0, 0.1) is 11.8 Å². The molecular formula is C17H28O. The summed E-state index contributed by atoms with van der Waals surface area (Å²) in [6, 6.07) is 0. The number of aliphatic hydroxyl groups excluding tert-OH is 1. The molecular weight excluding hydrogens is 220 g/mol. The standard InChI is InChI=1S/C17H28O/c1-2-3-4-5-14-6-8-15(9-7-14)16-10-12-17(18)13-11-16/h10-12,14-15,17-18H,2-9,13H2,1H3. The van der Waals surface area contributed by atoms with E-state index in [2.05, 4.69) is 19.1 Å². The molecule has 102 valence electrons. The van der Waals surface area contributed by atoms with Gasteiger partial charge in [0.2, 0.25) is 0 Å². The van der Waals surface area contributed by atoms with Crippen molar-refractivity contribution in [3.8, 4) is 0 Å². The molecule has 18 heavy (non-hydrogen) atoms. The van der Waals surface area contributed by atoms with E-state index >= 15 is 0 Å². The Morgan fingerprint density at radius 2 is 1.94 bits per heavy atom. The first-order valence-corrected chi connectivity index (χ1v) is 7.86.